The second-order valence-corrected chi connectivity index (χ2v) is 7.45. The molecule has 3 aliphatic rings. The second kappa shape index (κ2) is 5.39. The minimum Gasteiger partial charge on any atom is -0.340 e. The average molecular weight is 311 g/mol. The smallest absolute Gasteiger partial charge is 0.316 e. The molecule has 0 aromatic heterocycles. The van der Waals surface area contributed by atoms with Gasteiger partial charge in [-0.1, -0.05) is 0 Å². The molecule has 0 aromatic rings. The van der Waals surface area contributed by atoms with Gasteiger partial charge in [-0.15, -0.1) is 0 Å². The molecule has 1 heterocycles. The number of piperidine rings is 1. The van der Waals surface area contributed by atoms with Crippen molar-refractivity contribution in [1.82, 2.24) is 15.1 Å². The first-order valence-electron chi connectivity index (χ1n) is 8.30. The molecule has 1 unspecified atom stereocenters. The maximum atomic E-state index is 14.2. The third-order valence-electron chi connectivity index (χ3n) is 5.84. The molecule has 1 saturated heterocycles. The SMILES string of the molecule is CN(C)C(=O)NCC1CC12CCN(C(=O)C1(F)CCC1)CC2. The molecule has 0 radical (unpaired) electrons. The molecule has 124 valence electrons. The Hall–Kier alpha value is -1.33. The number of urea groups is 1. The van der Waals surface area contributed by atoms with Crippen LogP contribution < -0.4 is 5.32 Å². The fourth-order valence-electron chi connectivity index (χ4n) is 3.84. The van der Waals surface area contributed by atoms with Crippen molar-refractivity contribution in [3.63, 3.8) is 0 Å². The van der Waals surface area contributed by atoms with Crippen molar-refractivity contribution in [3.05, 3.63) is 0 Å². The molecule has 3 fully saturated rings. The van der Waals surface area contributed by atoms with E-state index in [-0.39, 0.29) is 17.4 Å². The Balaban J connectivity index is 1.45. The van der Waals surface area contributed by atoms with Gasteiger partial charge < -0.3 is 15.1 Å². The molecule has 3 amide bonds. The van der Waals surface area contributed by atoms with E-state index in [9.17, 15) is 14.0 Å². The fraction of sp³-hybridized carbons (Fsp3) is 0.875. The number of hydrogen-bond acceptors (Lipinski definition) is 2. The van der Waals surface area contributed by atoms with Crippen molar-refractivity contribution in [3.8, 4) is 0 Å². The number of rotatable bonds is 3. The van der Waals surface area contributed by atoms with Crippen LogP contribution in [0.1, 0.15) is 38.5 Å². The van der Waals surface area contributed by atoms with Crippen LogP contribution in [-0.2, 0) is 4.79 Å². The lowest BCUT2D eigenvalue weighted by atomic mass is 9.80. The minimum absolute atomic E-state index is 0.0565. The lowest BCUT2D eigenvalue weighted by molar-refractivity contribution is -0.151. The van der Waals surface area contributed by atoms with Crippen molar-refractivity contribution in [2.45, 2.75) is 44.2 Å². The van der Waals surface area contributed by atoms with Gasteiger partial charge in [0.05, 0.1) is 0 Å². The zero-order valence-corrected chi connectivity index (χ0v) is 13.5. The summed E-state index contributed by atoms with van der Waals surface area (Å²) in [7, 11) is 3.46. The zero-order chi connectivity index (χ0) is 16.0. The molecule has 22 heavy (non-hydrogen) atoms. The quantitative estimate of drug-likeness (QED) is 0.864. The summed E-state index contributed by atoms with van der Waals surface area (Å²) in [5.41, 5.74) is -1.29. The largest absolute Gasteiger partial charge is 0.340 e. The van der Waals surface area contributed by atoms with Gasteiger partial charge in [0.1, 0.15) is 0 Å². The molecule has 6 heteroatoms. The fourth-order valence-corrected chi connectivity index (χ4v) is 3.84. The summed E-state index contributed by atoms with van der Waals surface area (Å²) in [5, 5.41) is 2.94. The Labute approximate surface area is 131 Å². The van der Waals surface area contributed by atoms with Gasteiger partial charge in [0.2, 0.25) is 0 Å². The van der Waals surface area contributed by atoms with Gasteiger partial charge in [-0.2, -0.15) is 0 Å². The van der Waals surface area contributed by atoms with E-state index in [0.29, 0.717) is 38.4 Å². The Bertz CT molecular complexity index is 468. The number of carbonyl (C=O) groups excluding carboxylic acids is 2. The van der Waals surface area contributed by atoms with Crippen LogP contribution in [0.4, 0.5) is 9.18 Å². The predicted octanol–water partition coefficient (Wildman–Crippen LogP) is 1.78. The molecule has 5 nitrogen and oxygen atoms in total. The molecule has 1 atom stereocenters. The molecule has 2 aliphatic carbocycles. The summed E-state index contributed by atoms with van der Waals surface area (Å²) in [4.78, 5) is 27.0. The number of alkyl halides is 1. The third-order valence-corrected chi connectivity index (χ3v) is 5.84. The zero-order valence-electron chi connectivity index (χ0n) is 13.5. The first-order chi connectivity index (χ1) is 10.4. The highest BCUT2D eigenvalue weighted by Gasteiger charge is 2.56. The highest BCUT2D eigenvalue weighted by molar-refractivity contribution is 5.86. The summed E-state index contributed by atoms with van der Waals surface area (Å²) in [5.74, 6) is 0.225. The molecule has 1 N–H and O–H groups in total. The number of nitrogens with one attached hydrogen (secondary N) is 1. The summed E-state index contributed by atoms with van der Waals surface area (Å²) < 4.78 is 14.2. The molecule has 0 bridgehead atoms. The van der Waals surface area contributed by atoms with Gasteiger partial charge in [0, 0.05) is 33.7 Å². The first kappa shape index (κ1) is 15.6. The average Bonchev–Trinajstić information content (AvgIpc) is 3.14. The van der Waals surface area contributed by atoms with E-state index < -0.39 is 5.67 Å². The second-order valence-electron chi connectivity index (χ2n) is 7.45. The number of likely N-dealkylation sites (tertiary alicyclic amines) is 1. The van der Waals surface area contributed by atoms with Crippen molar-refractivity contribution in [2.24, 2.45) is 11.3 Å². The van der Waals surface area contributed by atoms with E-state index in [1.807, 2.05) is 0 Å². The Morgan fingerprint density at radius 3 is 2.36 bits per heavy atom. The summed E-state index contributed by atoms with van der Waals surface area (Å²) in [6.07, 6.45) is 4.62. The van der Waals surface area contributed by atoms with Crippen molar-refractivity contribution >= 4 is 11.9 Å². The van der Waals surface area contributed by atoms with E-state index in [1.54, 1.807) is 19.0 Å². The number of nitrogens with zero attached hydrogens (tertiary/aromatic N) is 2. The van der Waals surface area contributed by atoms with Crippen molar-refractivity contribution < 1.29 is 14.0 Å². The van der Waals surface area contributed by atoms with E-state index >= 15 is 0 Å². The monoisotopic (exact) mass is 311 g/mol. The molecule has 0 aromatic carbocycles. The highest BCUT2D eigenvalue weighted by Crippen LogP contribution is 2.59. The lowest BCUT2D eigenvalue weighted by Gasteiger charge is -2.40. The number of amides is 3. The van der Waals surface area contributed by atoms with E-state index in [1.165, 1.54) is 4.90 Å². The molecule has 1 aliphatic heterocycles. The maximum absolute atomic E-state index is 14.2. The number of carbonyl (C=O) groups is 2. The standard InChI is InChI=1S/C16H26FN3O2/c1-19(2)14(22)18-11-12-10-15(12)6-8-20(9-7-15)13(21)16(17)4-3-5-16/h12H,3-11H2,1-2H3,(H,18,22). The molecule has 2 saturated carbocycles. The van der Waals surface area contributed by atoms with E-state index in [0.717, 1.165) is 25.7 Å². The van der Waals surface area contributed by atoms with E-state index in [2.05, 4.69) is 5.32 Å². The summed E-state index contributed by atoms with van der Waals surface area (Å²) >= 11 is 0. The van der Waals surface area contributed by atoms with Crippen LogP contribution in [0.25, 0.3) is 0 Å². The number of hydrogen-bond donors (Lipinski definition) is 1. The van der Waals surface area contributed by atoms with Crippen LogP contribution in [-0.4, -0.2) is 61.1 Å². The van der Waals surface area contributed by atoms with Crippen LogP contribution in [0.5, 0.6) is 0 Å². The topological polar surface area (TPSA) is 52.7 Å². The molecular weight excluding hydrogens is 285 g/mol. The van der Waals surface area contributed by atoms with Gasteiger partial charge in [-0.05, 0) is 49.9 Å². The lowest BCUT2D eigenvalue weighted by Crippen LogP contribution is -2.52. The predicted molar refractivity (Wildman–Crippen MR) is 81.1 cm³/mol. The molecule has 1 spiro atoms. The van der Waals surface area contributed by atoms with Gasteiger partial charge >= 0.3 is 6.03 Å². The van der Waals surface area contributed by atoms with Crippen LogP contribution >= 0.6 is 0 Å². The summed E-state index contributed by atoms with van der Waals surface area (Å²) in [6.45, 7) is 2.04. The van der Waals surface area contributed by atoms with Gasteiger partial charge in [0.25, 0.3) is 5.91 Å². The van der Waals surface area contributed by atoms with E-state index in [4.69, 9.17) is 0 Å². The van der Waals surface area contributed by atoms with Crippen LogP contribution in [0.15, 0.2) is 0 Å². The minimum atomic E-state index is -1.56. The Morgan fingerprint density at radius 1 is 1.23 bits per heavy atom. The molecular formula is C16H26FN3O2. The first-order valence-corrected chi connectivity index (χ1v) is 8.30. The van der Waals surface area contributed by atoms with Crippen LogP contribution in [0, 0.1) is 11.3 Å². The summed E-state index contributed by atoms with van der Waals surface area (Å²) in [6, 6.07) is -0.0565. The van der Waals surface area contributed by atoms with Gasteiger partial charge in [-0.25, -0.2) is 9.18 Å². The number of halogens is 1. The Kier molecular flexibility index (Phi) is 3.81. The van der Waals surface area contributed by atoms with Crippen LogP contribution in [0.3, 0.4) is 0 Å². The van der Waals surface area contributed by atoms with Gasteiger partial charge in [-0.3, -0.25) is 4.79 Å². The highest BCUT2D eigenvalue weighted by atomic mass is 19.1. The van der Waals surface area contributed by atoms with Crippen LogP contribution in [0.2, 0.25) is 0 Å². The van der Waals surface area contributed by atoms with Crippen molar-refractivity contribution in [1.29, 1.82) is 0 Å². The molecule has 3 rings (SSSR count). The third kappa shape index (κ3) is 2.68. The van der Waals surface area contributed by atoms with Crippen molar-refractivity contribution in [2.75, 3.05) is 33.7 Å². The van der Waals surface area contributed by atoms with Gasteiger partial charge in [0.15, 0.2) is 5.67 Å². The maximum Gasteiger partial charge on any atom is 0.316 e. The Morgan fingerprint density at radius 2 is 1.86 bits per heavy atom. The normalized spacial score (nSPS) is 28.0.